The van der Waals surface area contributed by atoms with Crippen LogP contribution in [0, 0.1) is 0 Å². The van der Waals surface area contributed by atoms with Crippen molar-refractivity contribution in [2.45, 2.75) is 24.0 Å². The van der Waals surface area contributed by atoms with Crippen LogP contribution in [-0.2, 0) is 10.2 Å². The highest BCUT2D eigenvalue weighted by Gasteiger charge is 2.61. The highest BCUT2D eigenvalue weighted by Crippen LogP contribution is 2.61. The Bertz CT molecular complexity index is 1060. The molecule has 2 aromatic carbocycles. The maximum Gasteiger partial charge on any atom is 0.586 e. The molecule has 1 aliphatic carbocycles. The Hall–Kier alpha value is -3.09. The normalized spacial score (nSPS) is 25.4. The summed E-state index contributed by atoms with van der Waals surface area (Å²) in [4.78, 5) is 15.4. The predicted octanol–water partition coefficient (Wildman–Crippen LogP) is 3.40. The number of alkyl halides is 2. The molecule has 0 saturated heterocycles. The summed E-state index contributed by atoms with van der Waals surface area (Å²) in [7, 11) is 0. The Morgan fingerprint density at radius 3 is 2.73 bits per heavy atom. The zero-order chi connectivity index (χ0) is 18.1. The first-order valence-corrected chi connectivity index (χ1v) is 8.16. The van der Waals surface area contributed by atoms with Crippen molar-refractivity contribution in [3.63, 3.8) is 0 Å². The van der Waals surface area contributed by atoms with Crippen LogP contribution in [0.15, 0.2) is 48.7 Å². The number of fused-ring (bicyclic) bond motifs is 2. The van der Waals surface area contributed by atoms with Gasteiger partial charge >= 0.3 is 6.29 Å². The first-order valence-electron chi connectivity index (χ1n) is 8.16. The molecular formula is C19H14F2N2O3. The maximum atomic E-state index is 13.3. The summed E-state index contributed by atoms with van der Waals surface area (Å²) in [6.07, 6.45) is -1.32. The summed E-state index contributed by atoms with van der Waals surface area (Å²) in [6.45, 7) is 0. The van der Waals surface area contributed by atoms with Crippen molar-refractivity contribution >= 4 is 16.8 Å². The molecule has 0 spiro atoms. The minimum absolute atomic E-state index is 0.0516. The molecule has 3 aromatic rings. The lowest BCUT2D eigenvalue weighted by Crippen LogP contribution is -2.30. The summed E-state index contributed by atoms with van der Waals surface area (Å²) in [6, 6.07) is 12.3. The molecule has 3 N–H and O–H groups in total. The Morgan fingerprint density at radius 2 is 1.92 bits per heavy atom. The fourth-order valence-corrected chi connectivity index (χ4v) is 3.91. The van der Waals surface area contributed by atoms with Gasteiger partial charge in [0.05, 0.1) is 5.41 Å². The van der Waals surface area contributed by atoms with Gasteiger partial charge in [0, 0.05) is 17.6 Å². The SMILES string of the molecule is NC(=O)C1(c2ccc3c(c2)OC(F)(F)O3)CC1c1ccc2[nH]ccc2c1. The molecule has 2 heterocycles. The average Bonchev–Trinajstić information content (AvgIpc) is 3.04. The van der Waals surface area contributed by atoms with Crippen molar-refractivity contribution in [1.82, 2.24) is 4.98 Å². The number of nitrogens with two attached hydrogens (primary N) is 1. The molecule has 132 valence electrons. The van der Waals surface area contributed by atoms with Crippen molar-refractivity contribution in [1.29, 1.82) is 0 Å². The van der Waals surface area contributed by atoms with Crippen LogP contribution in [-0.4, -0.2) is 17.2 Å². The van der Waals surface area contributed by atoms with Crippen LogP contribution < -0.4 is 15.2 Å². The van der Waals surface area contributed by atoms with E-state index in [1.165, 1.54) is 12.1 Å². The number of carbonyl (C=O) groups is 1. The number of benzene rings is 2. The van der Waals surface area contributed by atoms with E-state index in [9.17, 15) is 13.6 Å². The van der Waals surface area contributed by atoms with Gasteiger partial charge in [-0.15, -0.1) is 8.78 Å². The lowest BCUT2D eigenvalue weighted by Gasteiger charge is -2.15. The molecule has 2 atom stereocenters. The quantitative estimate of drug-likeness (QED) is 0.755. The van der Waals surface area contributed by atoms with E-state index in [1.54, 1.807) is 6.07 Å². The maximum absolute atomic E-state index is 13.3. The summed E-state index contributed by atoms with van der Waals surface area (Å²) in [5, 5.41) is 1.04. The molecule has 2 aliphatic rings. The van der Waals surface area contributed by atoms with Gasteiger partial charge in [-0.1, -0.05) is 12.1 Å². The van der Waals surface area contributed by atoms with E-state index < -0.39 is 17.6 Å². The van der Waals surface area contributed by atoms with Gasteiger partial charge in [-0.25, -0.2) is 0 Å². The van der Waals surface area contributed by atoms with E-state index in [0.29, 0.717) is 12.0 Å². The third-order valence-electron chi connectivity index (χ3n) is 5.30. The second-order valence-corrected chi connectivity index (χ2v) is 6.75. The van der Waals surface area contributed by atoms with Crippen molar-refractivity contribution in [2.75, 3.05) is 0 Å². The van der Waals surface area contributed by atoms with E-state index in [1.807, 2.05) is 30.5 Å². The fraction of sp³-hybridized carbons (Fsp3) is 0.211. The second-order valence-electron chi connectivity index (χ2n) is 6.75. The monoisotopic (exact) mass is 356 g/mol. The molecule has 5 nitrogen and oxygen atoms in total. The minimum atomic E-state index is -3.69. The van der Waals surface area contributed by atoms with E-state index in [0.717, 1.165) is 16.5 Å². The van der Waals surface area contributed by atoms with Crippen LogP contribution in [0.1, 0.15) is 23.5 Å². The molecule has 1 amide bonds. The number of rotatable bonds is 3. The van der Waals surface area contributed by atoms with Crippen molar-refractivity contribution in [3.8, 4) is 11.5 Å². The molecule has 1 saturated carbocycles. The van der Waals surface area contributed by atoms with Gasteiger partial charge in [0.2, 0.25) is 5.91 Å². The standard InChI is InChI=1S/C19H14F2N2O3/c20-19(21)25-15-4-2-12(8-16(15)26-19)18(17(22)24)9-13(18)10-1-3-14-11(7-10)5-6-23-14/h1-8,13,23H,9H2,(H2,22,24). The molecule has 5 rings (SSSR count). The molecule has 1 aliphatic heterocycles. The molecular weight excluding hydrogens is 342 g/mol. The molecule has 0 bridgehead atoms. The molecule has 1 fully saturated rings. The van der Waals surface area contributed by atoms with E-state index in [4.69, 9.17) is 5.73 Å². The van der Waals surface area contributed by atoms with E-state index >= 15 is 0 Å². The summed E-state index contributed by atoms with van der Waals surface area (Å²) >= 11 is 0. The van der Waals surface area contributed by atoms with Crippen molar-refractivity contribution in [3.05, 3.63) is 59.8 Å². The number of aromatic nitrogens is 1. The van der Waals surface area contributed by atoms with Crippen molar-refractivity contribution < 1.29 is 23.0 Å². The number of nitrogens with one attached hydrogen (secondary N) is 1. The molecule has 7 heteroatoms. The minimum Gasteiger partial charge on any atom is -0.395 e. The van der Waals surface area contributed by atoms with E-state index in [2.05, 4.69) is 14.5 Å². The molecule has 0 radical (unpaired) electrons. The second kappa shape index (κ2) is 4.75. The number of H-pyrrole nitrogens is 1. The lowest BCUT2D eigenvalue weighted by atomic mass is 9.89. The molecule has 1 aromatic heterocycles. The van der Waals surface area contributed by atoms with E-state index in [-0.39, 0.29) is 17.4 Å². The lowest BCUT2D eigenvalue weighted by molar-refractivity contribution is -0.286. The first-order chi connectivity index (χ1) is 12.4. The summed E-state index contributed by atoms with van der Waals surface area (Å²) in [5.74, 6) is -0.730. The number of halogens is 2. The summed E-state index contributed by atoms with van der Waals surface area (Å²) in [5.41, 5.74) is 7.34. The van der Waals surface area contributed by atoms with Crippen molar-refractivity contribution in [2.24, 2.45) is 5.73 Å². The Labute approximate surface area is 146 Å². The van der Waals surface area contributed by atoms with Gasteiger partial charge in [0.1, 0.15) is 0 Å². The first kappa shape index (κ1) is 15.2. The zero-order valence-electron chi connectivity index (χ0n) is 13.5. The zero-order valence-corrected chi connectivity index (χ0v) is 13.5. The highest BCUT2D eigenvalue weighted by atomic mass is 19.3. The van der Waals surface area contributed by atoms with Crippen LogP contribution >= 0.6 is 0 Å². The van der Waals surface area contributed by atoms with Crippen LogP contribution in [0.5, 0.6) is 11.5 Å². The third kappa shape index (κ3) is 2.03. The number of carbonyl (C=O) groups excluding carboxylic acids is 1. The predicted molar refractivity (Wildman–Crippen MR) is 89.2 cm³/mol. The number of ether oxygens (including phenoxy) is 2. The topological polar surface area (TPSA) is 77.3 Å². The smallest absolute Gasteiger partial charge is 0.395 e. The molecule has 2 unspecified atom stereocenters. The number of hydrogen-bond donors (Lipinski definition) is 2. The van der Waals surface area contributed by atoms with Gasteiger partial charge < -0.3 is 20.2 Å². The summed E-state index contributed by atoms with van der Waals surface area (Å²) < 4.78 is 35.5. The van der Waals surface area contributed by atoms with Gasteiger partial charge in [-0.2, -0.15) is 0 Å². The number of hydrogen-bond acceptors (Lipinski definition) is 3. The van der Waals surface area contributed by atoms with Crippen LogP contribution in [0.2, 0.25) is 0 Å². The number of amides is 1. The van der Waals surface area contributed by atoms with Gasteiger partial charge in [-0.3, -0.25) is 4.79 Å². The van der Waals surface area contributed by atoms with Gasteiger partial charge in [-0.05, 0) is 53.3 Å². The van der Waals surface area contributed by atoms with Crippen LogP contribution in [0.3, 0.4) is 0 Å². The van der Waals surface area contributed by atoms with Crippen LogP contribution in [0.25, 0.3) is 10.9 Å². The Morgan fingerprint density at radius 1 is 1.12 bits per heavy atom. The van der Waals surface area contributed by atoms with Gasteiger partial charge in [0.15, 0.2) is 11.5 Å². The highest BCUT2D eigenvalue weighted by molar-refractivity contribution is 5.93. The van der Waals surface area contributed by atoms with Gasteiger partial charge in [0.25, 0.3) is 0 Å². The molecule has 26 heavy (non-hydrogen) atoms. The number of aromatic amines is 1. The largest absolute Gasteiger partial charge is 0.586 e. The number of primary amides is 1. The van der Waals surface area contributed by atoms with Crippen LogP contribution in [0.4, 0.5) is 8.78 Å². The average molecular weight is 356 g/mol. The Kier molecular flexibility index (Phi) is 2.77. The fourth-order valence-electron chi connectivity index (χ4n) is 3.91. The third-order valence-corrected chi connectivity index (χ3v) is 5.30. The Balaban J connectivity index is 1.55.